The minimum absolute atomic E-state index is 0.00637. The SMILES string of the molecule is CNC(CCC(C)(C)OC)C1CC2CCC1O2. The number of hydrogen-bond donors (Lipinski definition) is 1. The predicted molar refractivity (Wildman–Crippen MR) is 69.2 cm³/mol. The van der Waals surface area contributed by atoms with Gasteiger partial charge < -0.3 is 14.8 Å². The van der Waals surface area contributed by atoms with Crippen LogP contribution >= 0.6 is 0 Å². The third kappa shape index (κ3) is 3.01. The fourth-order valence-corrected chi connectivity index (χ4v) is 3.28. The third-order valence-corrected chi connectivity index (χ3v) is 4.65. The number of methoxy groups -OCH3 is 1. The van der Waals surface area contributed by atoms with Gasteiger partial charge in [0.2, 0.25) is 0 Å². The molecule has 17 heavy (non-hydrogen) atoms. The molecule has 0 spiro atoms. The van der Waals surface area contributed by atoms with Gasteiger partial charge in [-0.15, -0.1) is 0 Å². The molecule has 2 fully saturated rings. The summed E-state index contributed by atoms with van der Waals surface area (Å²) in [6, 6.07) is 0.583. The summed E-state index contributed by atoms with van der Waals surface area (Å²) >= 11 is 0. The van der Waals surface area contributed by atoms with Gasteiger partial charge in [0.15, 0.2) is 0 Å². The molecule has 0 saturated carbocycles. The van der Waals surface area contributed by atoms with Crippen LogP contribution in [-0.4, -0.2) is 38.0 Å². The Morgan fingerprint density at radius 1 is 1.41 bits per heavy atom. The molecule has 0 amide bonds. The monoisotopic (exact) mass is 241 g/mol. The number of nitrogens with one attached hydrogen (secondary N) is 1. The lowest BCUT2D eigenvalue weighted by Gasteiger charge is -2.31. The molecule has 2 aliphatic rings. The van der Waals surface area contributed by atoms with Crippen molar-refractivity contribution in [3.8, 4) is 0 Å². The first-order valence-corrected chi connectivity index (χ1v) is 6.93. The molecule has 2 heterocycles. The van der Waals surface area contributed by atoms with Crippen LogP contribution in [0.2, 0.25) is 0 Å². The molecule has 3 nitrogen and oxygen atoms in total. The summed E-state index contributed by atoms with van der Waals surface area (Å²) in [6.45, 7) is 4.33. The van der Waals surface area contributed by atoms with Crippen LogP contribution in [0.25, 0.3) is 0 Å². The van der Waals surface area contributed by atoms with Gasteiger partial charge in [-0.25, -0.2) is 0 Å². The zero-order chi connectivity index (χ0) is 12.5. The molecule has 2 bridgehead atoms. The Labute approximate surface area is 105 Å². The molecule has 3 heteroatoms. The summed E-state index contributed by atoms with van der Waals surface area (Å²) in [4.78, 5) is 0. The van der Waals surface area contributed by atoms with Crippen LogP contribution in [0.3, 0.4) is 0 Å². The van der Waals surface area contributed by atoms with Crippen molar-refractivity contribution in [3.63, 3.8) is 0 Å². The molecule has 1 N–H and O–H groups in total. The molecule has 2 aliphatic heterocycles. The van der Waals surface area contributed by atoms with Crippen LogP contribution in [0.5, 0.6) is 0 Å². The minimum Gasteiger partial charge on any atom is -0.379 e. The summed E-state index contributed by atoms with van der Waals surface area (Å²) < 4.78 is 11.5. The lowest BCUT2D eigenvalue weighted by Crippen LogP contribution is -2.40. The zero-order valence-electron chi connectivity index (χ0n) is 11.7. The highest BCUT2D eigenvalue weighted by atomic mass is 16.5. The summed E-state index contributed by atoms with van der Waals surface area (Å²) in [6.07, 6.45) is 7.14. The molecule has 0 aliphatic carbocycles. The minimum atomic E-state index is -0.00637. The molecule has 0 aromatic heterocycles. The zero-order valence-corrected chi connectivity index (χ0v) is 11.7. The van der Waals surface area contributed by atoms with E-state index >= 15 is 0 Å². The fraction of sp³-hybridized carbons (Fsp3) is 1.00. The van der Waals surface area contributed by atoms with E-state index < -0.39 is 0 Å². The first-order valence-electron chi connectivity index (χ1n) is 6.93. The van der Waals surface area contributed by atoms with E-state index in [4.69, 9.17) is 9.47 Å². The van der Waals surface area contributed by atoms with Crippen molar-refractivity contribution in [1.82, 2.24) is 5.32 Å². The first kappa shape index (κ1) is 13.3. The molecule has 4 unspecified atom stereocenters. The molecule has 2 saturated heterocycles. The van der Waals surface area contributed by atoms with Gasteiger partial charge in [0.1, 0.15) is 0 Å². The van der Waals surface area contributed by atoms with E-state index in [-0.39, 0.29) is 5.60 Å². The van der Waals surface area contributed by atoms with E-state index in [1.807, 2.05) is 0 Å². The largest absolute Gasteiger partial charge is 0.379 e. The smallest absolute Gasteiger partial charge is 0.0623 e. The number of rotatable bonds is 6. The van der Waals surface area contributed by atoms with Gasteiger partial charge in [0, 0.05) is 19.1 Å². The maximum atomic E-state index is 5.95. The van der Waals surface area contributed by atoms with Gasteiger partial charge >= 0.3 is 0 Å². The molecular formula is C14H27NO2. The highest BCUT2D eigenvalue weighted by molar-refractivity contribution is 4.95. The van der Waals surface area contributed by atoms with Crippen LogP contribution in [-0.2, 0) is 9.47 Å². The van der Waals surface area contributed by atoms with Crippen molar-refractivity contribution >= 4 is 0 Å². The van der Waals surface area contributed by atoms with Crippen molar-refractivity contribution in [3.05, 3.63) is 0 Å². The summed E-state index contributed by atoms with van der Waals surface area (Å²) in [5.41, 5.74) is -0.00637. The van der Waals surface area contributed by atoms with Crippen LogP contribution in [0, 0.1) is 5.92 Å². The van der Waals surface area contributed by atoms with E-state index in [1.54, 1.807) is 7.11 Å². The molecule has 0 aromatic carbocycles. The van der Waals surface area contributed by atoms with Crippen LogP contribution in [0.4, 0.5) is 0 Å². The van der Waals surface area contributed by atoms with Crippen molar-refractivity contribution in [2.75, 3.05) is 14.2 Å². The number of fused-ring (bicyclic) bond motifs is 2. The van der Waals surface area contributed by atoms with Crippen molar-refractivity contribution in [2.45, 2.75) is 69.8 Å². The fourth-order valence-electron chi connectivity index (χ4n) is 3.28. The van der Waals surface area contributed by atoms with Crippen LogP contribution in [0.1, 0.15) is 46.0 Å². The molecule has 0 aromatic rings. The summed E-state index contributed by atoms with van der Waals surface area (Å²) in [5, 5.41) is 3.49. The summed E-state index contributed by atoms with van der Waals surface area (Å²) in [7, 11) is 3.88. The molecular weight excluding hydrogens is 214 g/mol. The number of hydrogen-bond acceptors (Lipinski definition) is 3. The second-order valence-electron chi connectivity index (χ2n) is 6.17. The lowest BCUT2D eigenvalue weighted by molar-refractivity contribution is 0.00870. The Bertz CT molecular complexity index is 255. The molecule has 2 rings (SSSR count). The Morgan fingerprint density at radius 2 is 2.18 bits per heavy atom. The second-order valence-corrected chi connectivity index (χ2v) is 6.17. The van der Waals surface area contributed by atoms with Crippen molar-refractivity contribution < 1.29 is 9.47 Å². The Balaban J connectivity index is 1.85. The van der Waals surface area contributed by atoms with Gasteiger partial charge in [-0.05, 0) is 53.0 Å². The third-order valence-electron chi connectivity index (χ3n) is 4.65. The Morgan fingerprint density at radius 3 is 2.65 bits per heavy atom. The van der Waals surface area contributed by atoms with Crippen molar-refractivity contribution in [2.24, 2.45) is 5.92 Å². The van der Waals surface area contributed by atoms with Gasteiger partial charge in [-0.3, -0.25) is 0 Å². The maximum Gasteiger partial charge on any atom is 0.0623 e. The van der Waals surface area contributed by atoms with Gasteiger partial charge in [0.25, 0.3) is 0 Å². The van der Waals surface area contributed by atoms with E-state index in [1.165, 1.54) is 25.7 Å². The summed E-state index contributed by atoms with van der Waals surface area (Å²) in [5.74, 6) is 0.714. The average Bonchev–Trinajstić information content (AvgIpc) is 2.92. The van der Waals surface area contributed by atoms with Gasteiger partial charge in [-0.1, -0.05) is 0 Å². The topological polar surface area (TPSA) is 30.5 Å². The molecule has 0 radical (unpaired) electrons. The van der Waals surface area contributed by atoms with E-state index in [0.717, 1.165) is 6.42 Å². The Hall–Kier alpha value is -0.120. The predicted octanol–water partition coefficient (Wildman–Crippen LogP) is 2.35. The van der Waals surface area contributed by atoms with Gasteiger partial charge in [0.05, 0.1) is 17.8 Å². The highest BCUT2D eigenvalue weighted by Gasteiger charge is 2.43. The van der Waals surface area contributed by atoms with E-state index in [0.29, 0.717) is 24.2 Å². The van der Waals surface area contributed by atoms with E-state index in [2.05, 4.69) is 26.2 Å². The maximum absolute atomic E-state index is 5.95. The van der Waals surface area contributed by atoms with Crippen LogP contribution < -0.4 is 5.32 Å². The Kier molecular flexibility index (Phi) is 4.11. The highest BCUT2D eigenvalue weighted by Crippen LogP contribution is 2.41. The molecule has 100 valence electrons. The van der Waals surface area contributed by atoms with Crippen molar-refractivity contribution in [1.29, 1.82) is 0 Å². The van der Waals surface area contributed by atoms with Crippen LogP contribution in [0.15, 0.2) is 0 Å². The normalized spacial score (nSPS) is 34.2. The average molecular weight is 241 g/mol. The van der Waals surface area contributed by atoms with Gasteiger partial charge in [-0.2, -0.15) is 0 Å². The first-order chi connectivity index (χ1) is 8.05. The standard InChI is InChI=1S/C14H27NO2/c1-14(2,16-4)8-7-12(15-3)11-9-10-5-6-13(11)17-10/h10-13,15H,5-9H2,1-4H3. The molecule has 4 atom stereocenters. The second kappa shape index (κ2) is 5.25. The van der Waals surface area contributed by atoms with E-state index in [9.17, 15) is 0 Å². The number of ether oxygens (including phenoxy) is 2. The lowest BCUT2D eigenvalue weighted by atomic mass is 9.81. The quantitative estimate of drug-likeness (QED) is 0.774.